The van der Waals surface area contributed by atoms with Crippen molar-refractivity contribution in [1.82, 2.24) is 15.2 Å². The first kappa shape index (κ1) is 21.1. The minimum absolute atomic E-state index is 0.0728. The third-order valence-electron chi connectivity index (χ3n) is 6.62. The molecule has 4 aliphatic rings. The van der Waals surface area contributed by atoms with E-state index in [9.17, 15) is 18.0 Å². The fourth-order valence-electron chi connectivity index (χ4n) is 5.95. The molecule has 0 aliphatic heterocycles. The maximum absolute atomic E-state index is 12.5. The average molecular weight is 460 g/mol. The van der Waals surface area contributed by atoms with Crippen LogP contribution in [0.2, 0.25) is 4.34 Å². The van der Waals surface area contributed by atoms with Crippen LogP contribution < -0.4 is 10.9 Å². The molecule has 4 saturated carbocycles. The van der Waals surface area contributed by atoms with E-state index in [1.165, 1.54) is 38.4 Å². The molecule has 160 valence electrons. The molecule has 0 spiro atoms. The van der Waals surface area contributed by atoms with Gasteiger partial charge < -0.3 is 0 Å². The molecule has 2 amide bonds. The topological polar surface area (TPSA) is 95.6 Å². The predicted octanol–water partition coefficient (Wildman–Crippen LogP) is 2.78. The van der Waals surface area contributed by atoms with Crippen molar-refractivity contribution in [2.75, 3.05) is 13.6 Å². The van der Waals surface area contributed by atoms with Gasteiger partial charge in [-0.25, -0.2) is 8.42 Å². The average Bonchev–Trinajstić information content (AvgIpc) is 3.05. The Morgan fingerprint density at radius 3 is 2.17 bits per heavy atom. The molecule has 0 unspecified atom stereocenters. The van der Waals surface area contributed by atoms with E-state index in [0.717, 1.165) is 52.7 Å². The third-order valence-corrected chi connectivity index (χ3v) is 10.1. The molecule has 0 radical (unpaired) electrons. The number of thiophene rings is 1. The minimum Gasteiger partial charge on any atom is -0.273 e. The number of sulfonamides is 1. The molecule has 0 atom stereocenters. The van der Waals surface area contributed by atoms with Gasteiger partial charge in [0.25, 0.3) is 15.9 Å². The number of hydrazine groups is 1. The van der Waals surface area contributed by atoms with Gasteiger partial charge in [0.2, 0.25) is 5.91 Å². The largest absolute Gasteiger partial charge is 0.273 e. The molecule has 2 N–H and O–H groups in total. The summed E-state index contributed by atoms with van der Waals surface area (Å²) in [5.41, 5.74) is 4.92. The second-order valence-corrected chi connectivity index (χ2v) is 13.0. The molecule has 0 saturated heterocycles. The van der Waals surface area contributed by atoms with Crippen LogP contribution in [-0.4, -0.2) is 38.1 Å². The van der Waals surface area contributed by atoms with Crippen molar-refractivity contribution in [3.8, 4) is 0 Å². The number of rotatable bonds is 6. The van der Waals surface area contributed by atoms with Crippen LogP contribution in [0.4, 0.5) is 0 Å². The van der Waals surface area contributed by atoms with E-state index in [4.69, 9.17) is 11.6 Å². The lowest BCUT2D eigenvalue weighted by molar-refractivity contribution is -0.134. The first-order chi connectivity index (χ1) is 13.6. The summed E-state index contributed by atoms with van der Waals surface area (Å²) in [5.74, 6) is 1.49. The lowest BCUT2D eigenvalue weighted by atomic mass is 9.49. The molecule has 4 aliphatic carbocycles. The third kappa shape index (κ3) is 4.47. The summed E-state index contributed by atoms with van der Waals surface area (Å²) in [4.78, 5) is 24.6. The number of hydrogen-bond donors (Lipinski definition) is 2. The zero-order chi connectivity index (χ0) is 20.8. The number of likely N-dealkylation sites (N-methyl/N-ethyl adjacent to an activating group) is 1. The molecular weight excluding hydrogens is 434 g/mol. The van der Waals surface area contributed by atoms with Gasteiger partial charge in [0.05, 0.1) is 10.9 Å². The highest BCUT2D eigenvalue weighted by Crippen LogP contribution is 2.61. The molecular formula is C19H26ClN3O4S2. The quantitative estimate of drug-likeness (QED) is 0.639. The van der Waals surface area contributed by atoms with Crippen LogP contribution in [0.15, 0.2) is 16.3 Å². The van der Waals surface area contributed by atoms with E-state index in [1.807, 2.05) is 0 Å². The Kier molecular flexibility index (Phi) is 5.69. The molecule has 1 heterocycles. The Morgan fingerprint density at radius 1 is 1.10 bits per heavy atom. The van der Waals surface area contributed by atoms with Crippen LogP contribution >= 0.6 is 22.9 Å². The molecule has 7 nitrogen and oxygen atoms in total. The van der Waals surface area contributed by atoms with E-state index < -0.39 is 22.5 Å². The monoisotopic (exact) mass is 459 g/mol. The first-order valence-corrected chi connectivity index (χ1v) is 12.6. The smallest absolute Gasteiger partial charge is 0.253 e. The summed E-state index contributed by atoms with van der Waals surface area (Å²) in [6.45, 7) is -0.393. The van der Waals surface area contributed by atoms with Gasteiger partial charge in [-0.3, -0.25) is 20.4 Å². The van der Waals surface area contributed by atoms with Gasteiger partial charge in [-0.1, -0.05) is 11.6 Å². The van der Waals surface area contributed by atoms with Crippen LogP contribution in [0.25, 0.3) is 0 Å². The molecule has 1 aromatic rings. The Bertz CT molecular complexity index is 879. The zero-order valence-electron chi connectivity index (χ0n) is 16.3. The lowest BCUT2D eigenvalue weighted by Crippen LogP contribution is -2.51. The molecule has 29 heavy (non-hydrogen) atoms. The summed E-state index contributed by atoms with van der Waals surface area (Å²) < 4.78 is 26.3. The highest BCUT2D eigenvalue weighted by Gasteiger charge is 2.51. The van der Waals surface area contributed by atoms with E-state index >= 15 is 0 Å². The van der Waals surface area contributed by atoms with Crippen molar-refractivity contribution in [2.24, 2.45) is 23.2 Å². The number of nitrogens with zero attached hydrogens (tertiary/aromatic N) is 1. The van der Waals surface area contributed by atoms with Crippen LogP contribution in [-0.2, 0) is 19.6 Å². The Hall–Kier alpha value is -1.16. The van der Waals surface area contributed by atoms with Crippen molar-refractivity contribution in [1.29, 1.82) is 0 Å². The second-order valence-electron chi connectivity index (χ2n) is 9.01. The number of amides is 2. The van der Waals surface area contributed by atoms with Gasteiger partial charge in [-0.15, -0.1) is 11.3 Å². The van der Waals surface area contributed by atoms with Crippen molar-refractivity contribution in [3.63, 3.8) is 0 Å². The molecule has 4 bridgehead atoms. The number of hydrogen-bond acceptors (Lipinski definition) is 5. The fourth-order valence-corrected chi connectivity index (χ4v) is 8.77. The maximum Gasteiger partial charge on any atom is 0.253 e. The number of carbonyl (C=O) groups is 2. The molecule has 10 heteroatoms. The SMILES string of the molecule is CN(CC(=O)NNC(=O)CC12CC3CC(CC(C3)C1)C2)S(=O)(=O)c1ccc(Cl)s1. The number of carbonyl (C=O) groups excluding carboxylic acids is 2. The fraction of sp³-hybridized carbons (Fsp3) is 0.684. The summed E-state index contributed by atoms with van der Waals surface area (Å²) in [6.07, 6.45) is 7.72. The summed E-state index contributed by atoms with van der Waals surface area (Å²) >= 11 is 6.73. The van der Waals surface area contributed by atoms with E-state index in [-0.39, 0.29) is 15.5 Å². The zero-order valence-corrected chi connectivity index (χ0v) is 18.7. The second kappa shape index (κ2) is 7.83. The van der Waals surface area contributed by atoms with Gasteiger partial charge in [-0.2, -0.15) is 4.31 Å². The van der Waals surface area contributed by atoms with E-state index in [0.29, 0.717) is 10.8 Å². The summed E-state index contributed by atoms with van der Waals surface area (Å²) in [7, 11) is -2.47. The predicted molar refractivity (Wildman–Crippen MR) is 111 cm³/mol. The van der Waals surface area contributed by atoms with Crippen LogP contribution in [0.3, 0.4) is 0 Å². The van der Waals surface area contributed by atoms with Gasteiger partial charge >= 0.3 is 0 Å². The highest BCUT2D eigenvalue weighted by molar-refractivity contribution is 7.91. The van der Waals surface area contributed by atoms with Crippen LogP contribution in [0, 0.1) is 23.2 Å². The Balaban J connectivity index is 1.27. The van der Waals surface area contributed by atoms with E-state index in [1.54, 1.807) is 0 Å². The van der Waals surface area contributed by atoms with Crippen LogP contribution in [0.5, 0.6) is 0 Å². The maximum atomic E-state index is 12.5. The highest BCUT2D eigenvalue weighted by atomic mass is 35.5. The molecule has 4 fully saturated rings. The normalized spacial score (nSPS) is 30.5. The van der Waals surface area contributed by atoms with E-state index in [2.05, 4.69) is 10.9 Å². The summed E-state index contributed by atoms with van der Waals surface area (Å²) in [6, 6.07) is 2.90. The van der Waals surface area contributed by atoms with Crippen LogP contribution in [0.1, 0.15) is 44.9 Å². The Labute approximate surface area is 180 Å². The van der Waals surface area contributed by atoms with Crippen molar-refractivity contribution in [3.05, 3.63) is 16.5 Å². The molecule has 5 rings (SSSR count). The molecule has 0 aromatic carbocycles. The summed E-state index contributed by atoms with van der Waals surface area (Å²) in [5, 5.41) is 0. The minimum atomic E-state index is -3.79. The van der Waals surface area contributed by atoms with Gasteiger partial charge in [0, 0.05) is 13.5 Å². The van der Waals surface area contributed by atoms with Crippen molar-refractivity contribution >= 4 is 44.8 Å². The standard InChI is InChI=1S/C19H26ClN3O4S2/c1-23(29(26,27)18-3-2-15(20)28-18)11-17(25)22-21-16(24)10-19-7-12-4-13(8-19)6-14(5-12)9-19/h2-3,12-14H,4-11H2,1H3,(H,21,24)(H,22,25). The number of nitrogens with one attached hydrogen (secondary N) is 2. The van der Waals surface area contributed by atoms with Gasteiger partial charge in [0.1, 0.15) is 4.21 Å². The molecule has 1 aromatic heterocycles. The van der Waals surface area contributed by atoms with Crippen molar-refractivity contribution < 1.29 is 18.0 Å². The van der Waals surface area contributed by atoms with Gasteiger partial charge in [0.15, 0.2) is 0 Å². The van der Waals surface area contributed by atoms with Gasteiger partial charge in [-0.05, 0) is 73.8 Å². The first-order valence-electron chi connectivity index (χ1n) is 9.95. The Morgan fingerprint density at radius 2 is 1.66 bits per heavy atom. The van der Waals surface area contributed by atoms with Crippen molar-refractivity contribution in [2.45, 2.75) is 49.2 Å². The number of halogens is 1. The lowest BCUT2D eigenvalue weighted by Gasteiger charge is -2.56.